The standard InChI is InChI=1S/C23H16BrClN4O2S/c24-16-11-13(9-10-19(16)30)21-26-18-8-4-2-6-15(18)20-22(31-21)27-23(29-28-20)32-12-14-5-1-3-7-17(14)25/h1-11,21,26,30H,12H2/t21-/m1/s1. The highest BCUT2D eigenvalue weighted by Crippen LogP contribution is 2.40. The number of hydrogen-bond donors (Lipinski definition) is 2. The summed E-state index contributed by atoms with van der Waals surface area (Å²) in [4.78, 5) is 4.66. The summed E-state index contributed by atoms with van der Waals surface area (Å²) in [5.41, 5.74) is 4.09. The number of phenols is 1. The maximum Gasteiger partial charge on any atom is 0.247 e. The molecule has 1 aromatic heterocycles. The van der Waals surface area contributed by atoms with Crippen LogP contribution in [0.2, 0.25) is 5.02 Å². The van der Waals surface area contributed by atoms with Crippen LogP contribution in [-0.4, -0.2) is 20.3 Å². The topological polar surface area (TPSA) is 80.2 Å². The number of nitrogens with one attached hydrogen (secondary N) is 1. The number of aromatic nitrogens is 3. The third-order valence-corrected chi connectivity index (χ3v) is 6.81. The van der Waals surface area contributed by atoms with Crippen molar-refractivity contribution in [1.82, 2.24) is 15.2 Å². The summed E-state index contributed by atoms with van der Waals surface area (Å²) in [7, 11) is 0. The molecule has 5 rings (SSSR count). The first-order valence-corrected chi connectivity index (χ1v) is 11.9. The first-order chi connectivity index (χ1) is 15.6. The Hall–Kier alpha value is -2.81. The Balaban J connectivity index is 1.50. The minimum absolute atomic E-state index is 0.158. The van der Waals surface area contributed by atoms with Crippen LogP contribution in [0.4, 0.5) is 5.69 Å². The number of nitrogens with zero attached hydrogens (tertiary/aromatic N) is 3. The number of phenolic OH excluding ortho intramolecular Hbond substituents is 1. The van der Waals surface area contributed by atoms with E-state index < -0.39 is 6.23 Å². The van der Waals surface area contributed by atoms with Gasteiger partial charge in [-0.05, 0) is 51.8 Å². The van der Waals surface area contributed by atoms with Gasteiger partial charge in [0.1, 0.15) is 5.75 Å². The SMILES string of the molecule is Oc1ccc([C@@H]2Nc3ccccc3-c3nnc(SCc4ccccc4Cl)nc3O2)cc1Br. The van der Waals surface area contributed by atoms with Gasteiger partial charge in [-0.1, -0.05) is 59.8 Å². The van der Waals surface area contributed by atoms with Crippen molar-refractivity contribution in [3.63, 3.8) is 0 Å². The third-order valence-electron chi connectivity index (χ3n) is 4.92. The Morgan fingerprint density at radius 3 is 2.72 bits per heavy atom. The van der Waals surface area contributed by atoms with Gasteiger partial charge < -0.3 is 15.2 Å². The molecule has 2 N–H and O–H groups in total. The molecule has 160 valence electrons. The molecule has 0 saturated carbocycles. The van der Waals surface area contributed by atoms with E-state index in [1.165, 1.54) is 11.8 Å². The molecular formula is C23H16BrClN4O2S. The number of rotatable bonds is 4. The van der Waals surface area contributed by atoms with E-state index in [4.69, 9.17) is 16.3 Å². The smallest absolute Gasteiger partial charge is 0.247 e. The monoisotopic (exact) mass is 526 g/mol. The Labute approximate surface area is 202 Å². The molecule has 1 aliphatic rings. The Morgan fingerprint density at radius 2 is 1.88 bits per heavy atom. The molecule has 0 radical (unpaired) electrons. The summed E-state index contributed by atoms with van der Waals surface area (Å²) < 4.78 is 6.85. The lowest BCUT2D eigenvalue weighted by molar-refractivity contribution is 0.225. The average molecular weight is 528 g/mol. The molecule has 0 saturated heterocycles. The van der Waals surface area contributed by atoms with Gasteiger partial charge in [-0.3, -0.25) is 0 Å². The van der Waals surface area contributed by atoms with E-state index in [9.17, 15) is 5.11 Å². The van der Waals surface area contributed by atoms with Crippen LogP contribution in [0.1, 0.15) is 17.4 Å². The number of anilines is 1. The van der Waals surface area contributed by atoms with Crippen LogP contribution in [0.5, 0.6) is 11.6 Å². The molecule has 0 spiro atoms. The summed E-state index contributed by atoms with van der Waals surface area (Å²) in [5, 5.41) is 23.2. The van der Waals surface area contributed by atoms with Crippen LogP contribution < -0.4 is 10.1 Å². The summed E-state index contributed by atoms with van der Waals surface area (Å²) in [6, 6.07) is 20.7. The van der Waals surface area contributed by atoms with E-state index in [1.807, 2.05) is 54.6 Å². The summed E-state index contributed by atoms with van der Waals surface area (Å²) >= 11 is 11.1. The quantitative estimate of drug-likeness (QED) is 0.295. The number of halogens is 2. The van der Waals surface area contributed by atoms with Gasteiger partial charge in [-0.2, -0.15) is 4.98 Å². The van der Waals surface area contributed by atoms with E-state index in [0.717, 1.165) is 22.4 Å². The van der Waals surface area contributed by atoms with Crippen molar-refractivity contribution in [2.75, 3.05) is 5.32 Å². The minimum atomic E-state index is -0.535. The van der Waals surface area contributed by atoms with Crippen LogP contribution in [0.25, 0.3) is 11.3 Å². The van der Waals surface area contributed by atoms with Gasteiger partial charge in [0, 0.05) is 27.6 Å². The predicted molar refractivity (Wildman–Crippen MR) is 129 cm³/mol. The second kappa shape index (κ2) is 8.97. The molecule has 1 atom stereocenters. The second-order valence-corrected chi connectivity index (χ2v) is 9.23. The van der Waals surface area contributed by atoms with Crippen LogP contribution in [0.3, 0.4) is 0 Å². The summed E-state index contributed by atoms with van der Waals surface area (Å²) in [6.45, 7) is 0. The number of para-hydroxylation sites is 1. The summed E-state index contributed by atoms with van der Waals surface area (Å²) in [5.74, 6) is 1.15. The molecular weight excluding hydrogens is 512 g/mol. The molecule has 6 nitrogen and oxygen atoms in total. The number of aromatic hydroxyl groups is 1. The molecule has 3 aromatic carbocycles. The zero-order chi connectivity index (χ0) is 22.1. The largest absolute Gasteiger partial charge is 0.507 e. The molecule has 1 aliphatic heterocycles. The van der Waals surface area contributed by atoms with Crippen molar-refractivity contribution in [1.29, 1.82) is 0 Å². The Bertz CT molecular complexity index is 1310. The van der Waals surface area contributed by atoms with Gasteiger partial charge in [0.15, 0.2) is 11.9 Å². The van der Waals surface area contributed by atoms with E-state index in [0.29, 0.717) is 32.0 Å². The Morgan fingerprint density at radius 1 is 1.06 bits per heavy atom. The molecule has 9 heteroatoms. The van der Waals surface area contributed by atoms with Gasteiger partial charge in [-0.15, -0.1) is 10.2 Å². The van der Waals surface area contributed by atoms with Crippen molar-refractivity contribution in [2.45, 2.75) is 17.1 Å². The first-order valence-electron chi connectivity index (χ1n) is 9.70. The first kappa shape index (κ1) is 21.1. The molecule has 0 unspecified atom stereocenters. The van der Waals surface area contributed by atoms with Crippen molar-refractivity contribution in [3.8, 4) is 22.9 Å². The van der Waals surface area contributed by atoms with E-state index in [1.54, 1.807) is 12.1 Å². The van der Waals surface area contributed by atoms with Gasteiger partial charge in [0.05, 0.1) is 4.47 Å². The zero-order valence-corrected chi connectivity index (χ0v) is 19.7. The third kappa shape index (κ3) is 4.26. The lowest BCUT2D eigenvalue weighted by atomic mass is 10.1. The maximum atomic E-state index is 9.87. The fraction of sp³-hybridized carbons (Fsp3) is 0.0870. The highest BCUT2D eigenvalue weighted by Gasteiger charge is 2.26. The number of benzene rings is 3. The Kier molecular flexibility index (Phi) is 5.91. The van der Waals surface area contributed by atoms with Crippen molar-refractivity contribution >= 4 is 45.0 Å². The fourth-order valence-electron chi connectivity index (χ4n) is 3.30. The van der Waals surface area contributed by atoms with Crippen LogP contribution >= 0.6 is 39.3 Å². The highest BCUT2D eigenvalue weighted by molar-refractivity contribution is 9.10. The molecule has 0 bridgehead atoms. The fourth-order valence-corrected chi connectivity index (χ4v) is 4.76. The number of ether oxygens (including phenoxy) is 1. The van der Waals surface area contributed by atoms with Crippen LogP contribution in [-0.2, 0) is 5.75 Å². The number of thioether (sulfide) groups is 1. The molecule has 0 aliphatic carbocycles. The normalized spacial score (nSPS) is 14.5. The lowest BCUT2D eigenvalue weighted by Crippen LogP contribution is -2.17. The van der Waals surface area contributed by atoms with Gasteiger partial charge in [0.2, 0.25) is 11.0 Å². The molecule has 2 heterocycles. The zero-order valence-electron chi connectivity index (χ0n) is 16.5. The molecule has 0 amide bonds. The second-order valence-electron chi connectivity index (χ2n) is 7.03. The molecule has 0 fully saturated rings. The predicted octanol–water partition coefficient (Wildman–Crippen LogP) is 6.46. The summed E-state index contributed by atoms with van der Waals surface area (Å²) in [6.07, 6.45) is -0.535. The molecule has 4 aromatic rings. The van der Waals surface area contributed by atoms with Crippen molar-refractivity contribution in [2.24, 2.45) is 0 Å². The highest BCUT2D eigenvalue weighted by atomic mass is 79.9. The van der Waals surface area contributed by atoms with Crippen LogP contribution in [0.15, 0.2) is 76.4 Å². The van der Waals surface area contributed by atoms with Gasteiger partial charge >= 0.3 is 0 Å². The van der Waals surface area contributed by atoms with Gasteiger partial charge in [-0.25, -0.2) is 0 Å². The van der Waals surface area contributed by atoms with Crippen LogP contribution in [0, 0.1) is 0 Å². The van der Waals surface area contributed by atoms with Crippen molar-refractivity contribution in [3.05, 3.63) is 87.4 Å². The molecule has 32 heavy (non-hydrogen) atoms. The van der Waals surface area contributed by atoms with E-state index in [2.05, 4.69) is 36.4 Å². The lowest BCUT2D eigenvalue weighted by Gasteiger charge is -2.19. The number of fused-ring (bicyclic) bond motifs is 3. The number of hydrogen-bond acceptors (Lipinski definition) is 7. The van der Waals surface area contributed by atoms with E-state index in [-0.39, 0.29) is 5.75 Å². The average Bonchev–Trinajstić information content (AvgIpc) is 2.97. The maximum absolute atomic E-state index is 9.87. The van der Waals surface area contributed by atoms with E-state index >= 15 is 0 Å². The van der Waals surface area contributed by atoms with Crippen molar-refractivity contribution < 1.29 is 9.84 Å². The minimum Gasteiger partial charge on any atom is -0.507 e. The van der Waals surface area contributed by atoms with Gasteiger partial charge in [0.25, 0.3) is 0 Å².